The van der Waals surface area contributed by atoms with Crippen LogP contribution in [0.15, 0.2) is 4.99 Å². The van der Waals surface area contributed by atoms with Crippen molar-refractivity contribution >= 4 is 16.3 Å². The van der Waals surface area contributed by atoms with Gasteiger partial charge in [0.15, 0.2) is 0 Å². The van der Waals surface area contributed by atoms with Crippen LogP contribution in [0.3, 0.4) is 0 Å². The minimum absolute atomic E-state index is 0.274. The van der Waals surface area contributed by atoms with Crippen LogP contribution in [0.25, 0.3) is 0 Å². The molecule has 0 rings (SSSR count). The summed E-state index contributed by atoms with van der Waals surface area (Å²) >= 11 is 0. The number of nitrogens with two attached hydrogens (primary N) is 1. The van der Waals surface area contributed by atoms with Gasteiger partial charge in [-0.2, -0.15) is 8.42 Å². The van der Waals surface area contributed by atoms with Gasteiger partial charge in [-0.25, -0.2) is 4.72 Å². The first kappa shape index (κ1) is 13.2. The molecule has 0 bridgehead atoms. The van der Waals surface area contributed by atoms with Crippen molar-refractivity contribution in [2.45, 2.75) is 32.6 Å². The van der Waals surface area contributed by atoms with Crippen LogP contribution in [0, 0.1) is 0 Å². The maximum Gasteiger partial charge on any atom is 0.359 e. The molecule has 7 heteroatoms. The van der Waals surface area contributed by atoms with E-state index in [1.54, 1.807) is 4.72 Å². The Balaban J connectivity index is 3.67. The Kier molecular flexibility index (Phi) is 6.22. The van der Waals surface area contributed by atoms with E-state index in [9.17, 15) is 8.42 Å². The van der Waals surface area contributed by atoms with E-state index in [0.717, 1.165) is 25.7 Å². The topological polar surface area (TPSA) is 105 Å². The predicted octanol–water partition coefficient (Wildman–Crippen LogP) is 0.274. The van der Waals surface area contributed by atoms with Crippen molar-refractivity contribution < 1.29 is 13.0 Å². The van der Waals surface area contributed by atoms with Gasteiger partial charge in [-0.05, 0) is 6.42 Å². The summed E-state index contributed by atoms with van der Waals surface area (Å²) in [5.74, 6) is -0.274. The van der Waals surface area contributed by atoms with E-state index in [2.05, 4.69) is 11.9 Å². The van der Waals surface area contributed by atoms with Crippen molar-refractivity contribution in [3.8, 4) is 0 Å². The van der Waals surface area contributed by atoms with Crippen molar-refractivity contribution in [2.75, 3.05) is 6.54 Å². The van der Waals surface area contributed by atoms with Gasteiger partial charge in [-0.1, -0.05) is 26.2 Å². The quantitative estimate of drug-likeness (QED) is 0.260. The van der Waals surface area contributed by atoms with Crippen molar-refractivity contribution in [1.82, 2.24) is 4.72 Å². The lowest BCUT2D eigenvalue weighted by Crippen LogP contribution is -2.36. The molecular weight excluding hydrogens is 206 g/mol. The highest BCUT2D eigenvalue weighted by molar-refractivity contribution is 7.84. The summed E-state index contributed by atoms with van der Waals surface area (Å²) in [6.45, 7) is 2.56. The van der Waals surface area contributed by atoms with Crippen LogP contribution in [-0.4, -0.2) is 25.5 Å². The van der Waals surface area contributed by atoms with Crippen molar-refractivity contribution in [2.24, 2.45) is 10.7 Å². The molecule has 0 saturated heterocycles. The van der Waals surface area contributed by atoms with Gasteiger partial charge in [-0.15, -0.1) is 0 Å². The summed E-state index contributed by atoms with van der Waals surface area (Å²) in [4.78, 5) is 3.73. The van der Waals surface area contributed by atoms with Crippen LogP contribution in [0.1, 0.15) is 32.6 Å². The second-order valence-corrected chi connectivity index (χ2v) is 4.06. The third kappa shape index (κ3) is 9.27. The summed E-state index contributed by atoms with van der Waals surface area (Å²) in [5.41, 5.74) is 5.17. The van der Waals surface area contributed by atoms with Gasteiger partial charge in [-0.3, -0.25) is 9.55 Å². The zero-order valence-electron chi connectivity index (χ0n) is 8.23. The van der Waals surface area contributed by atoms with Crippen LogP contribution >= 0.6 is 0 Å². The van der Waals surface area contributed by atoms with Gasteiger partial charge in [0, 0.05) is 6.54 Å². The lowest BCUT2D eigenvalue weighted by atomic mass is 10.2. The molecular formula is C7H17N3O3S. The number of rotatable bonds is 6. The molecule has 84 valence electrons. The second-order valence-electron chi connectivity index (χ2n) is 2.90. The molecule has 0 atom stereocenters. The molecule has 0 unspecified atom stereocenters. The van der Waals surface area contributed by atoms with Crippen molar-refractivity contribution in [3.63, 3.8) is 0 Å². The first-order valence-electron chi connectivity index (χ1n) is 4.51. The number of nitrogens with one attached hydrogen (secondary N) is 1. The number of guanidine groups is 1. The molecule has 0 amide bonds. The van der Waals surface area contributed by atoms with Crippen LogP contribution in [0.2, 0.25) is 0 Å². The fourth-order valence-electron chi connectivity index (χ4n) is 0.903. The lowest BCUT2D eigenvalue weighted by Gasteiger charge is -2.00. The highest BCUT2D eigenvalue weighted by atomic mass is 32.2. The normalized spacial score (nSPS) is 12.9. The molecule has 0 aromatic carbocycles. The number of aliphatic imine (C=N–C) groups is 1. The monoisotopic (exact) mass is 223 g/mol. The molecule has 14 heavy (non-hydrogen) atoms. The van der Waals surface area contributed by atoms with E-state index in [0.29, 0.717) is 6.54 Å². The smallest absolute Gasteiger partial charge is 0.359 e. The molecule has 4 N–H and O–H groups in total. The molecule has 0 spiro atoms. The Morgan fingerprint density at radius 1 is 1.43 bits per heavy atom. The number of hydrogen-bond acceptors (Lipinski definition) is 3. The van der Waals surface area contributed by atoms with Crippen molar-refractivity contribution in [1.29, 1.82) is 0 Å². The summed E-state index contributed by atoms with van der Waals surface area (Å²) in [6, 6.07) is 0. The fraction of sp³-hybridized carbons (Fsp3) is 0.857. The zero-order chi connectivity index (χ0) is 11.0. The minimum atomic E-state index is -4.28. The van der Waals surface area contributed by atoms with Gasteiger partial charge in [0.25, 0.3) is 0 Å². The Hall–Kier alpha value is -0.820. The molecule has 6 nitrogen and oxygen atoms in total. The van der Waals surface area contributed by atoms with Crippen LogP contribution < -0.4 is 10.5 Å². The third-order valence-corrected chi connectivity index (χ3v) is 1.99. The van der Waals surface area contributed by atoms with Crippen LogP contribution in [0.5, 0.6) is 0 Å². The molecule has 0 radical (unpaired) electrons. The second kappa shape index (κ2) is 6.61. The molecule has 0 aliphatic heterocycles. The maximum atomic E-state index is 10.3. The fourth-order valence-corrected chi connectivity index (χ4v) is 1.23. The average molecular weight is 223 g/mol. The number of hydrogen-bond donors (Lipinski definition) is 3. The van der Waals surface area contributed by atoms with E-state index in [1.807, 2.05) is 0 Å². The van der Waals surface area contributed by atoms with Crippen molar-refractivity contribution in [3.05, 3.63) is 0 Å². The first-order chi connectivity index (χ1) is 6.45. The van der Waals surface area contributed by atoms with E-state index in [-0.39, 0.29) is 5.96 Å². The Bertz CT molecular complexity index is 274. The Morgan fingerprint density at radius 2 is 2.07 bits per heavy atom. The molecule has 0 fully saturated rings. The summed E-state index contributed by atoms with van der Waals surface area (Å²) in [7, 11) is -4.28. The summed E-state index contributed by atoms with van der Waals surface area (Å²) in [6.07, 6.45) is 4.16. The van der Waals surface area contributed by atoms with Gasteiger partial charge in [0.05, 0.1) is 0 Å². The first-order valence-corrected chi connectivity index (χ1v) is 5.95. The summed E-state index contributed by atoms with van der Waals surface area (Å²) in [5, 5.41) is 0. The standard InChI is InChI=1S/C7H17N3O3S/c1-2-3-4-5-6-9-7(8)10-14(11,12)13/h2-6H2,1H3,(H3,8,9,10)(H,11,12,13). The molecule has 0 saturated carbocycles. The average Bonchev–Trinajstić information content (AvgIpc) is 2.00. The van der Waals surface area contributed by atoms with Gasteiger partial charge in [0.2, 0.25) is 5.96 Å². The summed E-state index contributed by atoms with van der Waals surface area (Å²) < 4.78 is 30.5. The minimum Gasteiger partial charge on any atom is -0.369 e. The molecule has 0 aliphatic rings. The molecule has 0 aromatic heterocycles. The Labute approximate surface area is 84.5 Å². The molecule has 0 heterocycles. The van der Waals surface area contributed by atoms with E-state index in [4.69, 9.17) is 10.3 Å². The van der Waals surface area contributed by atoms with Crippen LogP contribution in [0.4, 0.5) is 0 Å². The van der Waals surface area contributed by atoms with E-state index in [1.165, 1.54) is 0 Å². The van der Waals surface area contributed by atoms with E-state index < -0.39 is 10.3 Å². The van der Waals surface area contributed by atoms with Gasteiger partial charge < -0.3 is 5.73 Å². The van der Waals surface area contributed by atoms with Crippen LogP contribution in [-0.2, 0) is 10.3 Å². The molecule has 0 aromatic rings. The largest absolute Gasteiger partial charge is 0.369 e. The highest BCUT2D eigenvalue weighted by Crippen LogP contribution is 1.98. The maximum absolute atomic E-state index is 10.3. The predicted molar refractivity (Wildman–Crippen MR) is 55.3 cm³/mol. The zero-order valence-corrected chi connectivity index (χ0v) is 9.05. The number of unbranched alkanes of at least 4 members (excludes halogenated alkanes) is 3. The Morgan fingerprint density at radius 3 is 2.57 bits per heavy atom. The molecule has 0 aliphatic carbocycles. The van der Waals surface area contributed by atoms with Gasteiger partial charge in [0.1, 0.15) is 0 Å². The third-order valence-electron chi connectivity index (χ3n) is 1.53. The van der Waals surface area contributed by atoms with Gasteiger partial charge >= 0.3 is 10.3 Å². The van der Waals surface area contributed by atoms with E-state index >= 15 is 0 Å². The highest BCUT2D eigenvalue weighted by Gasteiger charge is 2.03. The number of nitrogens with zero attached hydrogens (tertiary/aromatic N) is 1. The lowest BCUT2D eigenvalue weighted by molar-refractivity contribution is 0.478. The SMILES string of the molecule is CCCCCCN=C(N)NS(=O)(=O)O.